The van der Waals surface area contributed by atoms with Crippen molar-refractivity contribution in [2.45, 2.75) is 37.0 Å². The molecule has 1 aromatic rings. The number of nitrogens with zero attached hydrogens (tertiary/aromatic N) is 1. The number of thioether (sulfide) groups is 1. The fraction of sp³-hybridized carbons (Fsp3) is 0.562. The number of carbonyl (C=O) groups is 1. The first-order valence-corrected chi connectivity index (χ1v) is 8.72. The van der Waals surface area contributed by atoms with Crippen LogP contribution >= 0.6 is 11.8 Å². The SMILES string of the molecule is CSC1CCCCC1Nc1cc(C(=O)N(C)C)ccc1N. The van der Waals surface area contributed by atoms with Gasteiger partial charge in [-0.05, 0) is 37.3 Å². The number of amides is 1. The zero-order valence-electron chi connectivity index (χ0n) is 13.1. The number of hydrogen-bond donors (Lipinski definition) is 2. The van der Waals surface area contributed by atoms with E-state index < -0.39 is 0 Å². The Hall–Kier alpha value is -1.36. The van der Waals surface area contributed by atoms with Gasteiger partial charge in [0.1, 0.15) is 0 Å². The summed E-state index contributed by atoms with van der Waals surface area (Å²) in [6, 6.07) is 5.91. The summed E-state index contributed by atoms with van der Waals surface area (Å²) >= 11 is 1.92. The van der Waals surface area contributed by atoms with E-state index in [1.54, 1.807) is 25.1 Å². The van der Waals surface area contributed by atoms with E-state index in [-0.39, 0.29) is 5.91 Å². The van der Waals surface area contributed by atoms with Gasteiger partial charge < -0.3 is 16.0 Å². The predicted octanol–water partition coefficient (Wildman–Crippen LogP) is 3.06. The second kappa shape index (κ2) is 7.07. The highest BCUT2D eigenvalue weighted by molar-refractivity contribution is 7.99. The number of hydrogen-bond acceptors (Lipinski definition) is 4. The molecular formula is C16H25N3OS. The molecule has 0 bridgehead atoms. The first kappa shape index (κ1) is 16.0. The molecule has 0 radical (unpaired) electrons. The second-order valence-electron chi connectivity index (χ2n) is 5.81. The first-order valence-electron chi connectivity index (χ1n) is 7.43. The maximum Gasteiger partial charge on any atom is 0.253 e. The molecule has 1 aliphatic rings. The van der Waals surface area contributed by atoms with Gasteiger partial charge in [-0.1, -0.05) is 12.8 Å². The van der Waals surface area contributed by atoms with Crippen molar-refractivity contribution < 1.29 is 4.79 Å². The van der Waals surface area contributed by atoms with E-state index in [1.807, 2.05) is 23.9 Å². The maximum absolute atomic E-state index is 12.1. The van der Waals surface area contributed by atoms with E-state index in [9.17, 15) is 4.79 Å². The molecule has 1 fully saturated rings. The molecular weight excluding hydrogens is 282 g/mol. The predicted molar refractivity (Wildman–Crippen MR) is 92.1 cm³/mol. The van der Waals surface area contributed by atoms with Gasteiger partial charge in [0.2, 0.25) is 0 Å². The molecule has 4 nitrogen and oxygen atoms in total. The van der Waals surface area contributed by atoms with Crippen LogP contribution in [-0.4, -0.2) is 42.4 Å². The van der Waals surface area contributed by atoms with Crippen LogP contribution in [0.1, 0.15) is 36.0 Å². The Labute approximate surface area is 131 Å². The molecule has 3 N–H and O–H groups in total. The lowest BCUT2D eigenvalue weighted by Crippen LogP contribution is -2.34. The van der Waals surface area contributed by atoms with Crippen LogP contribution in [0.3, 0.4) is 0 Å². The van der Waals surface area contributed by atoms with Gasteiger partial charge in [0, 0.05) is 31.0 Å². The molecule has 2 atom stereocenters. The number of carbonyl (C=O) groups excluding carboxylic acids is 1. The van der Waals surface area contributed by atoms with Crippen molar-refractivity contribution in [3.05, 3.63) is 23.8 Å². The van der Waals surface area contributed by atoms with E-state index >= 15 is 0 Å². The van der Waals surface area contributed by atoms with Crippen molar-refractivity contribution in [1.29, 1.82) is 0 Å². The Kier molecular flexibility index (Phi) is 5.39. The number of anilines is 2. The summed E-state index contributed by atoms with van der Waals surface area (Å²) in [7, 11) is 3.52. The molecule has 2 rings (SSSR count). The van der Waals surface area contributed by atoms with Crippen molar-refractivity contribution in [3.8, 4) is 0 Å². The highest BCUT2D eigenvalue weighted by Crippen LogP contribution is 2.31. The summed E-state index contributed by atoms with van der Waals surface area (Å²) in [5, 5.41) is 4.18. The number of nitrogens with one attached hydrogen (secondary N) is 1. The minimum atomic E-state index is 0.00288. The largest absolute Gasteiger partial charge is 0.397 e. The van der Waals surface area contributed by atoms with E-state index in [2.05, 4.69) is 11.6 Å². The molecule has 2 unspecified atom stereocenters. The number of rotatable bonds is 4. The second-order valence-corrected chi connectivity index (χ2v) is 6.89. The van der Waals surface area contributed by atoms with Gasteiger partial charge in [0.25, 0.3) is 5.91 Å². The van der Waals surface area contributed by atoms with Crippen LogP contribution in [0.15, 0.2) is 18.2 Å². The van der Waals surface area contributed by atoms with Crippen LogP contribution in [0.4, 0.5) is 11.4 Å². The Morgan fingerprint density at radius 2 is 2.05 bits per heavy atom. The summed E-state index contributed by atoms with van der Waals surface area (Å²) in [4.78, 5) is 13.7. The van der Waals surface area contributed by atoms with Crippen LogP contribution in [0.5, 0.6) is 0 Å². The number of benzene rings is 1. The molecule has 0 saturated heterocycles. The smallest absolute Gasteiger partial charge is 0.253 e. The maximum atomic E-state index is 12.1. The Morgan fingerprint density at radius 3 is 2.71 bits per heavy atom. The molecule has 116 valence electrons. The monoisotopic (exact) mass is 307 g/mol. The summed E-state index contributed by atoms with van der Waals surface area (Å²) < 4.78 is 0. The van der Waals surface area contributed by atoms with Crippen LogP contribution in [-0.2, 0) is 0 Å². The molecule has 0 heterocycles. The van der Waals surface area contributed by atoms with Gasteiger partial charge in [0.15, 0.2) is 0 Å². The van der Waals surface area contributed by atoms with Gasteiger partial charge >= 0.3 is 0 Å². The van der Waals surface area contributed by atoms with Gasteiger partial charge in [-0.25, -0.2) is 0 Å². The quantitative estimate of drug-likeness (QED) is 0.839. The van der Waals surface area contributed by atoms with E-state index in [4.69, 9.17) is 5.73 Å². The molecule has 0 spiro atoms. The molecule has 21 heavy (non-hydrogen) atoms. The topological polar surface area (TPSA) is 58.4 Å². The molecule has 0 aromatic heterocycles. The number of nitrogen functional groups attached to an aromatic ring is 1. The summed E-state index contributed by atoms with van der Waals surface area (Å²) in [6.07, 6.45) is 7.13. The van der Waals surface area contributed by atoms with Gasteiger partial charge in [0.05, 0.1) is 11.4 Å². The molecule has 5 heteroatoms. The van der Waals surface area contributed by atoms with Crippen LogP contribution < -0.4 is 11.1 Å². The minimum absolute atomic E-state index is 0.00288. The molecule has 1 aliphatic carbocycles. The molecule has 1 saturated carbocycles. The molecule has 1 amide bonds. The Morgan fingerprint density at radius 1 is 1.33 bits per heavy atom. The lowest BCUT2D eigenvalue weighted by atomic mass is 9.94. The molecule has 0 aliphatic heterocycles. The molecule has 1 aromatic carbocycles. The van der Waals surface area contributed by atoms with E-state index in [1.165, 1.54) is 19.3 Å². The Bertz CT molecular complexity index is 504. The zero-order valence-corrected chi connectivity index (χ0v) is 13.9. The highest BCUT2D eigenvalue weighted by atomic mass is 32.2. The third-order valence-corrected chi connectivity index (χ3v) is 5.22. The summed E-state index contributed by atoms with van der Waals surface area (Å²) in [6.45, 7) is 0. The van der Waals surface area contributed by atoms with Crippen molar-refractivity contribution in [3.63, 3.8) is 0 Å². The Balaban J connectivity index is 2.18. The van der Waals surface area contributed by atoms with Gasteiger partial charge in [-0.3, -0.25) is 4.79 Å². The number of nitrogens with two attached hydrogens (primary N) is 1. The highest BCUT2D eigenvalue weighted by Gasteiger charge is 2.24. The third-order valence-electron chi connectivity index (χ3n) is 4.05. The normalized spacial score (nSPS) is 21.9. The summed E-state index contributed by atoms with van der Waals surface area (Å²) in [5.74, 6) is 0.00288. The zero-order chi connectivity index (χ0) is 15.4. The standard InChI is InChI=1S/C16H25N3OS/c1-19(2)16(20)11-8-9-12(17)14(10-11)18-13-6-4-5-7-15(13)21-3/h8-10,13,15,18H,4-7,17H2,1-3H3. The van der Waals surface area contributed by atoms with Crippen molar-refractivity contribution in [2.75, 3.05) is 31.4 Å². The van der Waals surface area contributed by atoms with Gasteiger partial charge in [-0.2, -0.15) is 11.8 Å². The summed E-state index contributed by atoms with van der Waals surface area (Å²) in [5.41, 5.74) is 8.34. The lowest BCUT2D eigenvalue weighted by molar-refractivity contribution is 0.0827. The third kappa shape index (κ3) is 3.84. The fourth-order valence-corrected chi connectivity index (χ4v) is 3.75. The average molecular weight is 307 g/mol. The van der Waals surface area contributed by atoms with Crippen LogP contribution in [0, 0.1) is 0 Å². The average Bonchev–Trinajstić information content (AvgIpc) is 2.49. The van der Waals surface area contributed by atoms with E-state index in [0.717, 1.165) is 12.1 Å². The van der Waals surface area contributed by atoms with Crippen molar-refractivity contribution >= 4 is 29.0 Å². The van der Waals surface area contributed by atoms with Crippen LogP contribution in [0.2, 0.25) is 0 Å². The van der Waals surface area contributed by atoms with Gasteiger partial charge in [-0.15, -0.1) is 0 Å². The van der Waals surface area contributed by atoms with Crippen molar-refractivity contribution in [1.82, 2.24) is 4.90 Å². The minimum Gasteiger partial charge on any atom is -0.397 e. The lowest BCUT2D eigenvalue weighted by Gasteiger charge is -2.32. The van der Waals surface area contributed by atoms with Crippen LogP contribution in [0.25, 0.3) is 0 Å². The van der Waals surface area contributed by atoms with Crippen molar-refractivity contribution in [2.24, 2.45) is 0 Å². The first-order chi connectivity index (χ1) is 10.0. The fourth-order valence-electron chi connectivity index (χ4n) is 2.82. The van der Waals surface area contributed by atoms with E-state index in [0.29, 0.717) is 22.5 Å².